The maximum atomic E-state index is 6.04. The van der Waals surface area contributed by atoms with E-state index >= 15 is 0 Å². The molecule has 0 spiro atoms. The molecule has 1 N–H and O–H groups in total. The van der Waals surface area contributed by atoms with E-state index in [1.165, 1.54) is 15.9 Å². The van der Waals surface area contributed by atoms with Crippen LogP contribution in [0.1, 0.15) is 5.56 Å². The molecule has 160 valence electrons. The van der Waals surface area contributed by atoms with Crippen LogP contribution in [0.25, 0.3) is 0 Å². The summed E-state index contributed by atoms with van der Waals surface area (Å²) in [4.78, 5) is 6.05. The van der Waals surface area contributed by atoms with Crippen molar-refractivity contribution in [3.8, 4) is 0 Å². The van der Waals surface area contributed by atoms with E-state index < -0.39 is 6.89 Å². The number of amidine groups is 1. The summed E-state index contributed by atoms with van der Waals surface area (Å²) in [5.74, 6) is 0.696. The molecule has 0 aliphatic carbocycles. The molecule has 0 unspecified atom stereocenters. The number of aliphatic imine (C=N–C) groups is 1. The smallest absolute Gasteiger partial charge is 0.140 e. The molecule has 4 aromatic carbocycles. The summed E-state index contributed by atoms with van der Waals surface area (Å²) in [5, 5.41) is 7.93. The van der Waals surface area contributed by atoms with Gasteiger partial charge in [-0.05, 0) is 22.8 Å². The Morgan fingerprint density at radius 2 is 0.939 bits per heavy atom. The molecule has 33 heavy (non-hydrogen) atoms. The summed E-state index contributed by atoms with van der Waals surface area (Å²) in [7, 11) is 0. The third-order valence-electron chi connectivity index (χ3n) is 5.68. The Morgan fingerprint density at radius 3 is 1.33 bits per heavy atom. The number of nitrogens with one attached hydrogen (secondary N) is 1. The maximum Gasteiger partial charge on any atom is 0.140 e. The van der Waals surface area contributed by atoms with E-state index in [0.29, 0.717) is 15.8 Å². The predicted molar refractivity (Wildman–Crippen MR) is 151 cm³/mol. The summed E-state index contributed by atoms with van der Waals surface area (Å²) < 4.78 is 0. The zero-order valence-corrected chi connectivity index (χ0v) is 20.3. The summed E-state index contributed by atoms with van der Waals surface area (Å²) in [5.41, 5.74) is 0.962. The van der Waals surface area contributed by atoms with Gasteiger partial charge in [0.1, 0.15) is 15.8 Å². The van der Waals surface area contributed by atoms with Gasteiger partial charge in [0.2, 0.25) is 0 Å². The first-order valence-electron chi connectivity index (χ1n) is 10.6. The van der Waals surface area contributed by atoms with Crippen molar-refractivity contribution < 1.29 is 0 Å². The quantitative estimate of drug-likeness (QED) is 0.334. The van der Waals surface area contributed by atoms with Crippen molar-refractivity contribution in [2.24, 2.45) is 4.99 Å². The highest BCUT2D eigenvalue weighted by Crippen LogP contribution is 2.47. The Hall–Kier alpha value is -3.17. The molecule has 0 fully saturated rings. The topological polar surface area (TPSA) is 24.4 Å². The average Bonchev–Trinajstić information content (AvgIpc) is 2.88. The SMILES string of the molecule is S=C1N=C(c2ccccc2)NC(=S)C1=P(c1ccccc1)(c1ccccc1)c1ccccc1. The minimum atomic E-state index is -2.39. The fraction of sp³-hybridized carbons (Fsp3) is 0. The molecular formula is C28H21N2PS2. The van der Waals surface area contributed by atoms with Gasteiger partial charge in [-0.3, -0.25) is 0 Å². The van der Waals surface area contributed by atoms with E-state index in [0.717, 1.165) is 10.9 Å². The zero-order valence-electron chi connectivity index (χ0n) is 17.8. The van der Waals surface area contributed by atoms with E-state index in [2.05, 4.69) is 78.1 Å². The predicted octanol–water partition coefficient (Wildman–Crippen LogP) is 4.86. The lowest BCUT2D eigenvalue weighted by molar-refractivity contribution is 1.37. The molecule has 0 saturated heterocycles. The van der Waals surface area contributed by atoms with E-state index in [1.54, 1.807) is 0 Å². The lowest BCUT2D eigenvalue weighted by Crippen LogP contribution is -2.47. The van der Waals surface area contributed by atoms with Crippen LogP contribution in [0, 0.1) is 0 Å². The van der Waals surface area contributed by atoms with Crippen molar-refractivity contribution in [1.82, 2.24) is 5.32 Å². The van der Waals surface area contributed by atoms with Gasteiger partial charge in [0.25, 0.3) is 0 Å². The van der Waals surface area contributed by atoms with Crippen LogP contribution in [-0.2, 0) is 0 Å². The van der Waals surface area contributed by atoms with Crippen molar-refractivity contribution in [2.75, 3.05) is 0 Å². The van der Waals surface area contributed by atoms with Gasteiger partial charge in [-0.15, -0.1) is 0 Å². The van der Waals surface area contributed by atoms with Gasteiger partial charge in [-0.1, -0.05) is 146 Å². The second kappa shape index (κ2) is 9.36. The molecule has 1 heterocycles. The van der Waals surface area contributed by atoms with Crippen molar-refractivity contribution >= 4 is 68.3 Å². The molecule has 2 nitrogen and oxygen atoms in total. The van der Waals surface area contributed by atoms with Gasteiger partial charge in [-0.25, -0.2) is 4.99 Å². The Bertz CT molecular complexity index is 1290. The van der Waals surface area contributed by atoms with E-state index in [-0.39, 0.29) is 0 Å². The normalized spacial score (nSPS) is 13.9. The van der Waals surface area contributed by atoms with Gasteiger partial charge in [0.05, 0.1) is 5.29 Å². The number of hydrogen-bond donors (Lipinski definition) is 1. The van der Waals surface area contributed by atoms with E-state index in [9.17, 15) is 0 Å². The van der Waals surface area contributed by atoms with Gasteiger partial charge in [0.15, 0.2) is 0 Å². The molecule has 0 radical (unpaired) electrons. The van der Waals surface area contributed by atoms with Crippen LogP contribution in [0.15, 0.2) is 126 Å². The first kappa shape index (κ1) is 21.7. The molecule has 0 saturated carbocycles. The van der Waals surface area contributed by atoms with Crippen molar-refractivity contribution in [3.63, 3.8) is 0 Å². The average molecular weight is 481 g/mol. The third-order valence-corrected chi connectivity index (χ3v) is 10.9. The minimum Gasteiger partial charge on any atom is -0.330 e. The number of nitrogens with zero attached hydrogens (tertiary/aromatic N) is 1. The minimum absolute atomic E-state index is 0.544. The standard InChI is InChI=1S/C28H21N2PS2/c32-27-25(28(33)30-26(29-27)21-13-5-1-6-14-21)31(22-15-7-2-8-16-22,23-17-9-3-10-18-23)24-19-11-4-12-20-24/h1-20H,(H,29,30,32,33). The molecule has 0 bridgehead atoms. The first-order valence-corrected chi connectivity index (χ1v) is 13.2. The van der Waals surface area contributed by atoms with Crippen LogP contribution in [0.4, 0.5) is 0 Å². The van der Waals surface area contributed by atoms with Crippen LogP contribution in [-0.4, -0.2) is 21.1 Å². The Labute approximate surface area is 205 Å². The highest BCUT2D eigenvalue weighted by molar-refractivity contribution is 8.02. The molecular weight excluding hydrogens is 459 g/mol. The second-order valence-corrected chi connectivity index (χ2v) is 11.7. The van der Waals surface area contributed by atoms with Crippen LogP contribution in [0.3, 0.4) is 0 Å². The highest BCUT2D eigenvalue weighted by Gasteiger charge is 2.35. The molecule has 0 aromatic heterocycles. The van der Waals surface area contributed by atoms with Crippen molar-refractivity contribution in [2.45, 2.75) is 0 Å². The van der Waals surface area contributed by atoms with E-state index in [1.807, 2.05) is 48.5 Å². The Morgan fingerprint density at radius 1 is 0.545 bits per heavy atom. The molecule has 5 rings (SSSR count). The molecule has 1 aliphatic rings. The number of rotatable bonds is 4. The van der Waals surface area contributed by atoms with Crippen molar-refractivity contribution in [3.05, 3.63) is 127 Å². The van der Waals surface area contributed by atoms with Crippen LogP contribution >= 0.6 is 31.3 Å². The molecule has 5 heteroatoms. The number of benzene rings is 4. The summed E-state index contributed by atoms with van der Waals surface area (Å²) in [6, 6.07) is 41.7. The van der Waals surface area contributed by atoms with Crippen molar-refractivity contribution in [1.29, 1.82) is 0 Å². The summed E-state index contributed by atoms with van der Waals surface area (Å²) >= 11 is 12.0. The van der Waals surface area contributed by atoms with Crippen LogP contribution < -0.4 is 21.2 Å². The Balaban J connectivity index is 1.90. The molecule has 1 aliphatic heterocycles. The van der Waals surface area contributed by atoms with Gasteiger partial charge >= 0.3 is 0 Å². The fourth-order valence-corrected chi connectivity index (χ4v) is 9.76. The number of thiocarbonyl (C=S) groups is 2. The highest BCUT2D eigenvalue weighted by atomic mass is 32.1. The third kappa shape index (κ3) is 3.91. The van der Waals surface area contributed by atoms with E-state index in [4.69, 9.17) is 29.4 Å². The fourth-order valence-electron chi connectivity index (χ4n) is 4.26. The molecule has 0 amide bonds. The maximum absolute atomic E-state index is 6.04. The second-order valence-electron chi connectivity index (χ2n) is 7.61. The molecule has 0 atom stereocenters. The lowest BCUT2D eigenvalue weighted by Gasteiger charge is -2.34. The first-order chi connectivity index (χ1) is 16.2. The lowest BCUT2D eigenvalue weighted by atomic mass is 10.2. The van der Waals surface area contributed by atoms with Crippen LogP contribution in [0.5, 0.6) is 0 Å². The number of hydrogen-bond acceptors (Lipinski definition) is 2. The molecule has 4 aromatic rings. The van der Waals surface area contributed by atoms with Gasteiger partial charge in [0, 0.05) is 5.56 Å². The van der Waals surface area contributed by atoms with Gasteiger partial charge < -0.3 is 5.32 Å². The largest absolute Gasteiger partial charge is 0.330 e. The Kier molecular flexibility index (Phi) is 6.15. The summed E-state index contributed by atoms with van der Waals surface area (Å²) in [6.45, 7) is -2.39. The van der Waals surface area contributed by atoms with Crippen LogP contribution in [0.2, 0.25) is 0 Å². The van der Waals surface area contributed by atoms with Gasteiger partial charge in [-0.2, -0.15) is 0 Å². The monoisotopic (exact) mass is 480 g/mol. The zero-order chi connectivity index (χ0) is 22.7. The summed E-state index contributed by atoms with van der Waals surface area (Å²) in [6.07, 6.45) is 0.